The third-order valence-corrected chi connectivity index (χ3v) is 15.3. The standard InChI is InChI=1S/2C13H13Si.2C8H11P.Pt/c2*1-14(12-8-4-2-5-9-12)13-10-6-3-7-11-13;2*1-9(2)8-6-4-3-5-7-8;/h2*2-11H,1H3;2*3-7H,1-2H3;/p+2. The molecule has 0 nitrogen and oxygen atoms in total. The Hall–Kier alpha value is -2.70. The summed E-state index contributed by atoms with van der Waals surface area (Å²) in [5, 5.41) is 8.94. The number of hydrogen-bond acceptors (Lipinski definition) is 0. The maximum atomic E-state index is 2.34. The van der Waals surface area contributed by atoms with E-state index in [-0.39, 0.29) is 36.9 Å². The minimum atomic E-state index is -0.545. The molecule has 0 spiro atoms. The van der Waals surface area contributed by atoms with Crippen LogP contribution in [0.2, 0.25) is 13.1 Å². The second-order valence-electron chi connectivity index (χ2n) is 11.4. The molecular formula is C42H50P2PtSi2+2. The molecule has 0 bridgehead atoms. The molecule has 244 valence electrons. The van der Waals surface area contributed by atoms with Crippen LogP contribution in [-0.2, 0) is 21.1 Å². The van der Waals surface area contributed by atoms with Crippen molar-refractivity contribution in [2.45, 2.75) is 13.1 Å². The van der Waals surface area contributed by atoms with Crippen LogP contribution in [0.3, 0.4) is 0 Å². The fraction of sp³-hybridized carbons (Fsp3) is 0.143. The molecule has 0 heterocycles. The van der Waals surface area contributed by atoms with Gasteiger partial charge in [0.1, 0.15) is 17.6 Å². The summed E-state index contributed by atoms with van der Waals surface area (Å²) in [6, 6.07) is 64.4. The fourth-order valence-corrected chi connectivity index (χ4v) is 9.78. The summed E-state index contributed by atoms with van der Waals surface area (Å²) in [6.45, 7) is 13.9. The minimum absolute atomic E-state index is 0. The van der Waals surface area contributed by atoms with Gasteiger partial charge in [-0.1, -0.05) is 192 Å². The largest absolute Gasteiger partial charge is 0.118 e. The van der Waals surface area contributed by atoms with E-state index in [9.17, 15) is 0 Å². The Morgan fingerprint density at radius 1 is 0.298 bits per heavy atom. The zero-order chi connectivity index (χ0) is 33.0. The van der Waals surface area contributed by atoms with E-state index in [2.05, 4.69) is 222 Å². The smallest absolute Gasteiger partial charge is 0.0628 e. The molecule has 0 unspecified atom stereocenters. The maximum absolute atomic E-state index is 2.34. The monoisotopic (exact) mass is 867 g/mol. The number of rotatable bonds is 6. The molecule has 0 amide bonds. The molecule has 0 saturated carbocycles. The first-order chi connectivity index (χ1) is 22.4. The van der Waals surface area contributed by atoms with Gasteiger partial charge < -0.3 is 0 Å². The molecule has 0 saturated heterocycles. The van der Waals surface area contributed by atoms with E-state index in [1.165, 1.54) is 31.4 Å². The van der Waals surface area contributed by atoms with Gasteiger partial charge in [-0.05, 0) is 24.3 Å². The molecule has 2 radical (unpaired) electrons. The van der Waals surface area contributed by atoms with Crippen LogP contribution in [0.15, 0.2) is 182 Å². The van der Waals surface area contributed by atoms with Crippen LogP contribution in [0.5, 0.6) is 0 Å². The van der Waals surface area contributed by atoms with Gasteiger partial charge in [0, 0.05) is 36.9 Å². The van der Waals surface area contributed by atoms with Gasteiger partial charge >= 0.3 is 0 Å². The van der Waals surface area contributed by atoms with Gasteiger partial charge in [0.05, 0.1) is 37.3 Å². The Morgan fingerprint density at radius 3 is 0.617 bits per heavy atom. The molecule has 0 N–H and O–H groups in total. The topological polar surface area (TPSA) is 0 Å². The van der Waals surface area contributed by atoms with Crippen LogP contribution < -0.4 is 31.4 Å². The summed E-state index contributed by atoms with van der Waals surface area (Å²) < 4.78 is 0. The van der Waals surface area contributed by atoms with Crippen LogP contribution >= 0.6 is 15.8 Å². The van der Waals surface area contributed by atoms with E-state index >= 15 is 0 Å². The second-order valence-corrected chi connectivity index (χ2v) is 21.4. The SMILES string of the molecule is C[PH+](C)c1ccccc1.C[PH+](C)c1ccccc1.C[Si](c1ccccc1)c1ccccc1.C[Si](c1ccccc1)c1ccccc1.[Pt]. The zero-order valence-electron chi connectivity index (χ0n) is 28.6. The van der Waals surface area contributed by atoms with E-state index in [1.807, 2.05) is 0 Å². The van der Waals surface area contributed by atoms with Crippen molar-refractivity contribution in [1.82, 2.24) is 0 Å². The molecule has 0 aliphatic carbocycles. The molecule has 6 aromatic carbocycles. The van der Waals surface area contributed by atoms with Crippen LogP contribution in [0.1, 0.15) is 0 Å². The van der Waals surface area contributed by atoms with E-state index in [0.717, 1.165) is 0 Å². The quantitative estimate of drug-likeness (QED) is 0.121. The zero-order valence-corrected chi connectivity index (χ0v) is 34.9. The molecule has 0 atom stereocenters. The average molecular weight is 868 g/mol. The summed E-state index contributed by atoms with van der Waals surface area (Å²) in [7, 11) is -1.51. The van der Waals surface area contributed by atoms with E-state index < -0.39 is 17.6 Å². The van der Waals surface area contributed by atoms with Crippen LogP contribution in [0, 0.1) is 0 Å². The van der Waals surface area contributed by atoms with Gasteiger partial charge in [-0.15, -0.1) is 0 Å². The van der Waals surface area contributed by atoms with Crippen molar-refractivity contribution in [1.29, 1.82) is 0 Å². The number of hydrogen-bond donors (Lipinski definition) is 0. The van der Waals surface area contributed by atoms with Crippen LogP contribution in [0.4, 0.5) is 0 Å². The third kappa shape index (κ3) is 15.4. The van der Waals surface area contributed by atoms with Crippen LogP contribution in [-0.4, -0.2) is 44.3 Å². The summed E-state index contributed by atoms with van der Waals surface area (Å²) in [5.74, 6) is 0. The van der Waals surface area contributed by atoms with Gasteiger partial charge in [-0.25, -0.2) is 0 Å². The Bertz CT molecular complexity index is 1380. The summed E-state index contributed by atoms with van der Waals surface area (Å²) in [6.07, 6.45) is 0. The maximum Gasteiger partial charge on any atom is 0.118 e. The summed E-state index contributed by atoms with van der Waals surface area (Å²) in [4.78, 5) is 0. The van der Waals surface area contributed by atoms with Crippen molar-refractivity contribution in [3.63, 3.8) is 0 Å². The van der Waals surface area contributed by atoms with E-state index in [0.29, 0.717) is 0 Å². The van der Waals surface area contributed by atoms with E-state index in [1.54, 1.807) is 0 Å². The molecule has 5 heteroatoms. The van der Waals surface area contributed by atoms with Crippen LogP contribution in [0.25, 0.3) is 0 Å². The summed E-state index contributed by atoms with van der Waals surface area (Å²) in [5.41, 5.74) is 0. The molecule has 0 aliphatic rings. The molecule has 6 aromatic rings. The van der Waals surface area contributed by atoms with Gasteiger partial charge in [0.25, 0.3) is 0 Å². The molecule has 47 heavy (non-hydrogen) atoms. The molecule has 6 rings (SSSR count). The Morgan fingerprint density at radius 2 is 0.468 bits per heavy atom. The minimum Gasteiger partial charge on any atom is -0.0628 e. The van der Waals surface area contributed by atoms with Gasteiger partial charge in [-0.2, -0.15) is 0 Å². The summed E-state index contributed by atoms with van der Waals surface area (Å²) >= 11 is 0. The van der Waals surface area contributed by atoms with Crippen molar-refractivity contribution < 1.29 is 21.1 Å². The third-order valence-electron chi connectivity index (χ3n) is 7.53. The number of benzene rings is 6. The predicted octanol–water partition coefficient (Wildman–Crippen LogP) is 7.42. The molecule has 0 aromatic heterocycles. The Balaban J connectivity index is 0.000000221. The fourth-order valence-electron chi connectivity index (χ4n) is 4.63. The van der Waals surface area contributed by atoms with Crippen molar-refractivity contribution in [2.24, 2.45) is 0 Å². The first kappa shape index (κ1) is 40.5. The first-order valence-electron chi connectivity index (χ1n) is 16.0. The second kappa shape index (κ2) is 23.6. The normalized spacial score (nSPS) is 10.1. The van der Waals surface area contributed by atoms with Crippen molar-refractivity contribution in [3.05, 3.63) is 182 Å². The average Bonchev–Trinajstić information content (AvgIpc) is 3.14. The Kier molecular flexibility index (Phi) is 20.3. The van der Waals surface area contributed by atoms with E-state index in [4.69, 9.17) is 0 Å². The van der Waals surface area contributed by atoms with Crippen molar-refractivity contribution >= 4 is 64.8 Å². The first-order valence-corrected chi connectivity index (χ1v) is 25.0. The Labute approximate surface area is 305 Å². The molecule has 0 aliphatic heterocycles. The van der Waals surface area contributed by atoms with Crippen molar-refractivity contribution in [2.75, 3.05) is 26.7 Å². The molecule has 0 fully saturated rings. The van der Waals surface area contributed by atoms with Gasteiger partial charge in [-0.3, -0.25) is 0 Å². The van der Waals surface area contributed by atoms with Gasteiger partial charge in [0.15, 0.2) is 0 Å². The molecular weight excluding hydrogens is 818 g/mol. The van der Waals surface area contributed by atoms with Crippen molar-refractivity contribution in [3.8, 4) is 0 Å². The predicted molar refractivity (Wildman–Crippen MR) is 220 cm³/mol. The van der Waals surface area contributed by atoms with Gasteiger partial charge in [0.2, 0.25) is 0 Å².